The highest BCUT2D eigenvalue weighted by atomic mass is 32.1. The van der Waals surface area contributed by atoms with Crippen LogP contribution in [-0.2, 0) is 0 Å². The standard InChI is InChI=1S/C16H15N3OS/c1-9-3-6-13-12(7-9)14(17)15(21-13)16(20)19-11-5-4-10(2)18-8-11/h3-8H,17H2,1-2H3,(H,19,20). The molecule has 0 saturated carbocycles. The van der Waals surface area contributed by atoms with E-state index in [1.807, 2.05) is 44.2 Å². The number of hydrogen-bond donors (Lipinski definition) is 2. The van der Waals surface area contributed by atoms with Crippen LogP contribution < -0.4 is 11.1 Å². The Hall–Kier alpha value is -2.40. The average molecular weight is 297 g/mol. The minimum Gasteiger partial charge on any atom is -0.397 e. The third-order valence-corrected chi connectivity index (χ3v) is 4.44. The van der Waals surface area contributed by atoms with E-state index >= 15 is 0 Å². The predicted octanol–water partition coefficient (Wildman–Crippen LogP) is 3.75. The van der Waals surface area contributed by atoms with Gasteiger partial charge in [0.25, 0.3) is 5.91 Å². The quantitative estimate of drug-likeness (QED) is 0.757. The maximum atomic E-state index is 12.4. The normalized spacial score (nSPS) is 10.8. The maximum Gasteiger partial charge on any atom is 0.267 e. The van der Waals surface area contributed by atoms with Gasteiger partial charge in [0.05, 0.1) is 17.6 Å². The van der Waals surface area contributed by atoms with Crippen LogP contribution in [0.15, 0.2) is 36.5 Å². The van der Waals surface area contributed by atoms with Gasteiger partial charge in [-0.15, -0.1) is 11.3 Å². The van der Waals surface area contributed by atoms with Crippen LogP contribution in [0.4, 0.5) is 11.4 Å². The van der Waals surface area contributed by atoms with Gasteiger partial charge in [-0.1, -0.05) is 11.6 Å². The molecule has 0 aliphatic rings. The number of pyridine rings is 1. The number of nitrogens with zero attached hydrogens (tertiary/aromatic N) is 1. The summed E-state index contributed by atoms with van der Waals surface area (Å²) in [5.74, 6) is -0.197. The van der Waals surface area contributed by atoms with E-state index in [4.69, 9.17) is 5.73 Å². The number of thiophene rings is 1. The van der Waals surface area contributed by atoms with Gasteiger partial charge in [0.1, 0.15) is 4.88 Å². The monoisotopic (exact) mass is 297 g/mol. The third-order valence-electron chi connectivity index (χ3n) is 3.26. The lowest BCUT2D eigenvalue weighted by Crippen LogP contribution is -2.12. The zero-order valence-corrected chi connectivity index (χ0v) is 12.6. The van der Waals surface area contributed by atoms with E-state index in [1.165, 1.54) is 11.3 Å². The van der Waals surface area contributed by atoms with Crippen molar-refractivity contribution in [2.24, 2.45) is 0 Å². The van der Waals surface area contributed by atoms with Gasteiger partial charge < -0.3 is 11.1 Å². The smallest absolute Gasteiger partial charge is 0.267 e. The van der Waals surface area contributed by atoms with E-state index in [-0.39, 0.29) is 5.91 Å². The Balaban J connectivity index is 1.94. The van der Waals surface area contributed by atoms with Gasteiger partial charge in [-0.05, 0) is 38.1 Å². The van der Waals surface area contributed by atoms with Crippen LogP contribution in [0.1, 0.15) is 20.9 Å². The van der Waals surface area contributed by atoms with Crippen molar-refractivity contribution in [3.8, 4) is 0 Å². The molecular formula is C16H15N3OS. The number of benzene rings is 1. The SMILES string of the molecule is Cc1ccc2sc(C(=O)Nc3ccc(C)nc3)c(N)c2c1. The van der Waals surface area contributed by atoms with Crippen molar-refractivity contribution >= 4 is 38.7 Å². The molecule has 0 saturated heterocycles. The molecular weight excluding hydrogens is 282 g/mol. The van der Waals surface area contributed by atoms with Gasteiger partial charge in [0.2, 0.25) is 0 Å². The molecule has 0 spiro atoms. The Morgan fingerprint density at radius 2 is 2.05 bits per heavy atom. The van der Waals surface area contributed by atoms with Gasteiger partial charge in [-0.25, -0.2) is 0 Å². The number of amides is 1. The minimum absolute atomic E-state index is 0.197. The number of aromatic nitrogens is 1. The van der Waals surface area contributed by atoms with E-state index in [9.17, 15) is 4.79 Å². The molecule has 1 amide bonds. The lowest BCUT2D eigenvalue weighted by molar-refractivity contribution is 0.103. The molecule has 2 aromatic heterocycles. The Labute approximate surface area is 126 Å². The molecule has 0 fully saturated rings. The van der Waals surface area contributed by atoms with Crippen LogP contribution >= 0.6 is 11.3 Å². The fourth-order valence-corrected chi connectivity index (χ4v) is 3.13. The van der Waals surface area contributed by atoms with Gasteiger partial charge in [-0.2, -0.15) is 0 Å². The summed E-state index contributed by atoms with van der Waals surface area (Å²) in [6.45, 7) is 3.91. The first-order valence-corrected chi connectivity index (χ1v) is 7.39. The highest BCUT2D eigenvalue weighted by molar-refractivity contribution is 7.21. The second-order valence-electron chi connectivity index (χ2n) is 4.99. The lowest BCUT2D eigenvalue weighted by atomic mass is 10.1. The van der Waals surface area contributed by atoms with Crippen molar-refractivity contribution in [1.82, 2.24) is 4.98 Å². The molecule has 106 valence electrons. The van der Waals surface area contributed by atoms with Crippen molar-refractivity contribution in [3.05, 3.63) is 52.7 Å². The van der Waals surface area contributed by atoms with Crippen LogP contribution in [-0.4, -0.2) is 10.9 Å². The van der Waals surface area contributed by atoms with E-state index in [2.05, 4.69) is 10.3 Å². The van der Waals surface area contributed by atoms with Crippen LogP contribution in [0.2, 0.25) is 0 Å². The number of nitrogen functional groups attached to an aromatic ring is 1. The van der Waals surface area contributed by atoms with E-state index < -0.39 is 0 Å². The minimum atomic E-state index is -0.197. The van der Waals surface area contributed by atoms with E-state index in [0.29, 0.717) is 16.3 Å². The van der Waals surface area contributed by atoms with Gasteiger partial charge in [0, 0.05) is 15.8 Å². The molecule has 0 unspecified atom stereocenters. The fourth-order valence-electron chi connectivity index (χ4n) is 2.13. The number of carbonyl (C=O) groups is 1. The molecule has 3 N–H and O–H groups in total. The third kappa shape index (κ3) is 2.60. The average Bonchev–Trinajstić information content (AvgIpc) is 2.79. The first-order chi connectivity index (χ1) is 10.0. The van der Waals surface area contributed by atoms with Crippen LogP contribution in [0.5, 0.6) is 0 Å². The lowest BCUT2D eigenvalue weighted by Gasteiger charge is -2.04. The summed E-state index contributed by atoms with van der Waals surface area (Å²) in [6, 6.07) is 9.70. The number of hydrogen-bond acceptors (Lipinski definition) is 4. The number of fused-ring (bicyclic) bond motifs is 1. The summed E-state index contributed by atoms with van der Waals surface area (Å²) in [6.07, 6.45) is 1.64. The highest BCUT2D eigenvalue weighted by Crippen LogP contribution is 2.34. The Morgan fingerprint density at radius 1 is 1.24 bits per heavy atom. The molecule has 4 nitrogen and oxygen atoms in total. The van der Waals surface area contributed by atoms with Crippen molar-refractivity contribution in [2.45, 2.75) is 13.8 Å². The Morgan fingerprint density at radius 3 is 2.76 bits per heavy atom. The fraction of sp³-hybridized carbons (Fsp3) is 0.125. The van der Waals surface area contributed by atoms with E-state index in [0.717, 1.165) is 21.3 Å². The summed E-state index contributed by atoms with van der Waals surface area (Å²) in [5.41, 5.74) is 9.36. The molecule has 0 bridgehead atoms. The molecule has 2 heterocycles. The largest absolute Gasteiger partial charge is 0.397 e. The van der Waals surface area contributed by atoms with Crippen LogP contribution in [0.3, 0.4) is 0 Å². The number of nitrogens with two attached hydrogens (primary N) is 1. The summed E-state index contributed by atoms with van der Waals surface area (Å²) < 4.78 is 1.02. The topological polar surface area (TPSA) is 68.0 Å². The Bertz CT molecular complexity index is 821. The summed E-state index contributed by atoms with van der Waals surface area (Å²) in [5, 5.41) is 3.77. The summed E-state index contributed by atoms with van der Waals surface area (Å²) in [7, 11) is 0. The van der Waals surface area contributed by atoms with Crippen LogP contribution in [0, 0.1) is 13.8 Å². The molecule has 0 radical (unpaired) electrons. The molecule has 0 aliphatic carbocycles. The summed E-state index contributed by atoms with van der Waals surface area (Å²) in [4.78, 5) is 17.1. The zero-order valence-electron chi connectivity index (χ0n) is 11.8. The molecule has 3 rings (SSSR count). The first kappa shape index (κ1) is 13.6. The first-order valence-electron chi connectivity index (χ1n) is 6.57. The Kier molecular flexibility index (Phi) is 3.35. The van der Waals surface area contributed by atoms with Crippen molar-refractivity contribution in [1.29, 1.82) is 0 Å². The van der Waals surface area contributed by atoms with E-state index in [1.54, 1.807) is 6.20 Å². The van der Waals surface area contributed by atoms with Crippen molar-refractivity contribution in [3.63, 3.8) is 0 Å². The molecule has 0 atom stereocenters. The zero-order chi connectivity index (χ0) is 15.0. The predicted molar refractivity (Wildman–Crippen MR) is 87.9 cm³/mol. The van der Waals surface area contributed by atoms with Gasteiger partial charge in [-0.3, -0.25) is 9.78 Å². The second-order valence-corrected chi connectivity index (χ2v) is 6.04. The number of anilines is 2. The maximum absolute atomic E-state index is 12.4. The number of rotatable bonds is 2. The van der Waals surface area contributed by atoms with Gasteiger partial charge in [0.15, 0.2) is 0 Å². The molecule has 21 heavy (non-hydrogen) atoms. The second kappa shape index (κ2) is 5.18. The summed E-state index contributed by atoms with van der Waals surface area (Å²) >= 11 is 1.41. The van der Waals surface area contributed by atoms with Gasteiger partial charge >= 0.3 is 0 Å². The molecule has 1 aromatic carbocycles. The van der Waals surface area contributed by atoms with Crippen molar-refractivity contribution < 1.29 is 4.79 Å². The molecule has 5 heteroatoms. The van der Waals surface area contributed by atoms with Crippen LogP contribution in [0.25, 0.3) is 10.1 Å². The number of carbonyl (C=O) groups excluding carboxylic acids is 1. The number of aryl methyl sites for hydroxylation is 2. The number of nitrogens with one attached hydrogen (secondary N) is 1. The van der Waals surface area contributed by atoms with Crippen molar-refractivity contribution in [2.75, 3.05) is 11.1 Å². The molecule has 3 aromatic rings. The highest BCUT2D eigenvalue weighted by Gasteiger charge is 2.16. The molecule has 0 aliphatic heterocycles.